The van der Waals surface area contributed by atoms with Crippen molar-refractivity contribution in [1.82, 2.24) is 25.0 Å². The maximum Gasteiger partial charge on any atom is 0.134 e. The molecule has 4 rings (SSSR count). The van der Waals surface area contributed by atoms with E-state index in [0.717, 1.165) is 23.9 Å². The summed E-state index contributed by atoms with van der Waals surface area (Å²) in [5.41, 5.74) is 0.668. The number of anilines is 1. The first-order chi connectivity index (χ1) is 11.4. The lowest BCUT2D eigenvalue weighted by molar-refractivity contribution is 0.0559. The van der Waals surface area contributed by atoms with Gasteiger partial charge in [-0.25, -0.2) is 14.6 Å². The smallest absolute Gasteiger partial charge is 0.134 e. The average Bonchev–Trinajstić information content (AvgIpc) is 3.11. The van der Waals surface area contributed by atoms with Crippen molar-refractivity contribution in [3.05, 3.63) is 29.5 Å². The lowest BCUT2D eigenvalue weighted by Crippen LogP contribution is -2.31. The van der Waals surface area contributed by atoms with E-state index >= 15 is 0 Å². The second-order valence-corrected chi connectivity index (χ2v) is 7.38. The first-order valence-electron chi connectivity index (χ1n) is 8.70. The quantitative estimate of drug-likeness (QED) is 0.924. The van der Waals surface area contributed by atoms with Crippen molar-refractivity contribution in [3.63, 3.8) is 0 Å². The predicted molar refractivity (Wildman–Crippen MR) is 89.9 cm³/mol. The molecule has 1 saturated carbocycles. The van der Waals surface area contributed by atoms with E-state index in [-0.39, 0.29) is 6.04 Å². The van der Waals surface area contributed by atoms with E-state index in [1.54, 1.807) is 4.68 Å². The molecule has 128 valence electrons. The van der Waals surface area contributed by atoms with Crippen LogP contribution in [0, 0.1) is 6.92 Å². The molecule has 1 unspecified atom stereocenters. The number of β-amino-alcohol motifs (C(OH)–C–C–N with tert-alkyl or cyclic N) is 1. The van der Waals surface area contributed by atoms with Gasteiger partial charge in [0.05, 0.1) is 12.7 Å². The molecule has 0 bridgehead atoms. The minimum atomic E-state index is -0.967. The van der Waals surface area contributed by atoms with Gasteiger partial charge in [-0.05, 0) is 33.6 Å². The summed E-state index contributed by atoms with van der Waals surface area (Å²) in [7, 11) is 0. The summed E-state index contributed by atoms with van der Waals surface area (Å²) < 4.78 is 1.79. The van der Waals surface area contributed by atoms with E-state index in [2.05, 4.69) is 20.2 Å². The van der Waals surface area contributed by atoms with Crippen molar-refractivity contribution in [2.24, 2.45) is 0 Å². The Bertz CT molecular complexity index is 753. The SMILES string of the molecule is Cc1cc(N2CCC(O)(c3cn(C(C)C)nn3)C2)nc(C2CC2)n1. The summed E-state index contributed by atoms with van der Waals surface area (Å²) in [4.78, 5) is 11.4. The normalized spacial score (nSPS) is 24.1. The van der Waals surface area contributed by atoms with Gasteiger partial charge in [0.15, 0.2) is 0 Å². The number of aliphatic hydroxyl groups is 1. The molecule has 7 nitrogen and oxygen atoms in total. The molecule has 1 aliphatic heterocycles. The van der Waals surface area contributed by atoms with E-state index < -0.39 is 5.60 Å². The molecule has 2 aromatic heterocycles. The van der Waals surface area contributed by atoms with Crippen LogP contribution < -0.4 is 4.90 Å². The average molecular weight is 328 g/mol. The third kappa shape index (κ3) is 2.77. The molecule has 2 aliphatic rings. The van der Waals surface area contributed by atoms with Gasteiger partial charge < -0.3 is 10.0 Å². The molecule has 3 heterocycles. The highest BCUT2D eigenvalue weighted by Gasteiger charge is 2.41. The van der Waals surface area contributed by atoms with Gasteiger partial charge in [-0.3, -0.25) is 0 Å². The van der Waals surface area contributed by atoms with Crippen molar-refractivity contribution in [3.8, 4) is 0 Å². The lowest BCUT2D eigenvalue weighted by Gasteiger charge is -2.22. The third-order valence-corrected chi connectivity index (χ3v) is 4.89. The molecule has 2 fully saturated rings. The van der Waals surface area contributed by atoms with Crippen molar-refractivity contribution in [2.75, 3.05) is 18.0 Å². The summed E-state index contributed by atoms with van der Waals surface area (Å²) in [6.07, 6.45) is 4.86. The summed E-state index contributed by atoms with van der Waals surface area (Å²) in [6.45, 7) is 7.35. The first kappa shape index (κ1) is 15.5. The van der Waals surface area contributed by atoms with E-state index in [0.29, 0.717) is 24.6 Å². The summed E-state index contributed by atoms with van der Waals surface area (Å²) in [5, 5.41) is 19.4. The highest BCUT2D eigenvalue weighted by atomic mass is 16.3. The minimum absolute atomic E-state index is 0.234. The highest BCUT2D eigenvalue weighted by Crippen LogP contribution is 2.39. The molecule has 0 radical (unpaired) electrons. The summed E-state index contributed by atoms with van der Waals surface area (Å²) >= 11 is 0. The Hall–Kier alpha value is -2.02. The second-order valence-electron chi connectivity index (χ2n) is 7.38. The fourth-order valence-corrected chi connectivity index (χ4v) is 3.20. The maximum atomic E-state index is 11.0. The molecule has 0 spiro atoms. The third-order valence-electron chi connectivity index (χ3n) is 4.89. The van der Waals surface area contributed by atoms with Crippen LogP contribution >= 0.6 is 0 Å². The Morgan fingerprint density at radius 1 is 1.29 bits per heavy atom. The highest BCUT2D eigenvalue weighted by molar-refractivity contribution is 5.43. The van der Waals surface area contributed by atoms with Crippen LogP contribution in [0.15, 0.2) is 12.3 Å². The number of nitrogens with zero attached hydrogens (tertiary/aromatic N) is 6. The monoisotopic (exact) mass is 328 g/mol. The number of aromatic nitrogens is 5. The molecule has 2 aromatic rings. The molecular formula is C17H24N6O. The fraction of sp³-hybridized carbons (Fsp3) is 0.647. The van der Waals surface area contributed by atoms with Crippen LogP contribution in [0.5, 0.6) is 0 Å². The molecule has 7 heteroatoms. The Morgan fingerprint density at radius 3 is 2.75 bits per heavy atom. The minimum Gasteiger partial charge on any atom is -0.381 e. The molecule has 1 atom stereocenters. The fourth-order valence-electron chi connectivity index (χ4n) is 3.20. The molecule has 1 aliphatic carbocycles. The van der Waals surface area contributed by atoms with Crippen molar-refractivity contribution in [2.45, 2.75) is 57.6 Å². The Labute approximate surface area is 141 Å². The van der Waals surface area contributed by atoms with Crippen LogP contribution in [0.2, 0.25) is 0 Å². The zero-order valence-corrected chi connectivity index (χ0v) is 14.5. The zero-order chi connectivity index (χ0) is 16.9. The Balaban J connectivity index is 1.57. The largest absolute Gasteiger partial charge is 0.381 e. The topological polar surface area (TPSA) is 80.0 Å². The molecule has 0 aromatic carbocycles. The molecule has 1 N–H and O–H groups in total. The molecular weight excluding hydrogens is 304 g/mol. The first-order valence-corrected chi connectivity index (χ1v) is 8.70. The standard InChI is InChI=1S/C17H24N6O/c1-11(2)23-9-14(20-21-23)17(24)6-7-22(10-17)15-8-12(3)18-16(19-15)13-4-5-13/h8-9,11,13,24H,4-7,10H2,1-3H3. The van der Waals surface area contributed by atoms with Crippen LogP contribution in [0.4, 0.5) is 5.82 Å². The van der Waals surface area contributed by atoms with E-state index in [4.69, 9.17) is 4.98 Å². The molecule has 24 heavy (non-hydrogen) atoms. The van der Waals surface area contributed by atoms with Gasteiger partial charge in [0.1, 0.15) is 22.9 Å². The van der Waals surface area contributed by atoms with Crippen LogP contribution in [0.3, 0.4) is 0 Å². The van der Waals surface area contributed by atoms with Crippen LogP contribution in [-0.2, 0) is 5.60 Å². The van der Waals surface area contributed by atoms with Gasteiger partial charge in [0.25, 0.3) is 0 Å². The van der Waals surface area contributed by atoms with Gasteiger partial charge in [-0.1, -0.05) is 5.21 Å². The van der Waals surface area contributed by atoms with Crippen LogP contribution in [-0.4, -0.2) is 43.2 Å². The van der Waals surface area contributed by atoms with E-state index in [1.807, 2.05) is 33.0 Å². The second kappa shape index (κ2) is 5.51. The van der Waals surface area contributed by atoms with Crippen molar-refractivity contribution >= 4 is 5.82 Å². The van der Waals surface area contributed by atoms with Gasteiger partial charge in [0, 0.05) is 36.7 Å². The Morgan fingerprint density at radius 2 is 2.08 bits per heavy atom. The summed E-state index contributed by atoms with van der Waals surface area (Å²) in [6, 6.07) is 2.24. The predicted octanol–water partition coefficient (Wildman–Crippen LogP) is 1.93. The number of aryl methyl sites for hydroxylation is 1. The lowest BCUT2D eigenvalue weighted by atomic mass is 10.00. The van der Waals surface area contributed by atoms with Gasteiger partial charge in [0.2, 0.25) is 0 Å². The van der Waals surface area contributed by atoms with Gasteiger partial charge in [-0.15, -0.1) is 5.10 Å². The zero-order valence-electron chi connectivity index (χ0n) is 14.5. The van der Waals surface area contributed by atoms with Crippen LogP contribution in [0.25, 0.3) is 0 Å². The summed E-state index contributed by atoms with van der Waals surface area (Å²) in [5.74, 6) is 2.39. The molecule has 0 amide bonds. The number of hydrogen-bond acceptors (Lipinski definition) is 6. The van der Waals surface area contributed by atoms with Crippen molar-refractivity contribution in [1.29, 1.82) is 0 Å². The van der Waals surface area contributed by atoms with Crippen molar-refractivity contribution < 1.29 is 5.11 Å². The molecule has 1 saturated heterocycles. The number of hydrogen-bond donors (Lipinski definition) is 1. The Kier molecular flexibility index (Phi) is 3.56. The van der Waals surface area contributed by atoms with E-state index in [9.17, 15) is 5.11 Å². The van der Waals surface area contributed by atoms with Gasteiger partial charge >= 0.3 is 0 Å². The van der Waals surface area contributed by atoms with Crippen LogP contribution in [0.1, 0.15) is 62.3 Å². The maximum absolute atomic E-state index is 11.0. The number of rotatable bonds is 4. The van der Waals surface area contributed by atoms with E-state index in [1.165, 1.54) is 12.8 Å². The van der Waals surface area contributed by atoms with Gasteiger partial charge in [-0.2, -0.15) is 0 Å².